The molecule has 144 valence electrons. The van der Waals surface area contributed by atoms with Gasteiger partial charge in [0.05, 0.1) is 26.2 Å². The first-order valence-corrected chi connectivity index (χ1v) is 10.5. The highest BCUT2D eigenvalue weighted by Gasteiger charge is 2.22. The zero-order chi connectivity index (χ0) is 18.9. The summed E-state index contributed by atoms with van der Waals surface area (Å²) in [6.45, 7) is 5.16. The largest absolute Gasteiger partial charge is 0.423 e. The van der Waals surface area contributed by atoms with E-state index >= 15 is 0 Å². The second-order valence-corrected chi connectivity index (χ2v) is 8.16. The van der Waals surface area contributed by atoms with Gasteiger partial charge in [-0.1, -0.05) is 18.2 Å². The van der Waals surface area contributed by atoms with Crippen molar-refractivity contribution in [2.45, 2.75) is 32.2 Å². The molecule has 1 saturated heterocycles. The number of aryl methyl sites for hydroxylation is 2. The van der Waals surface area contributed by atoms with Gasteiger partial charge in [0.1, 0.15) is 12.1 Å². The summed E-state index contributed by atoms with van der Waals surface area (Å²) >= 11 is 0. The molecule has 4 nitrogen and oxygen atoms in total. The molecule has 1 N–H and O–H groups in total. The van der Waals surface area contributed by atoms with E-state index in [1.807, 2.05) is 0 Å². The van der Waals surface area contributed by atoms with Crippen molar-refractivity contribution in [3.05, 3.63) is 75.6 Å². The lowest BCUT2D eigenvalue weighted by Crippen LogP contribution is -3.13. The van der Waals surface area contributed by atoms with Crippen LogP contribution < -0.4 is 15.4 Å². The van der Waals surface area contributed by atoms with Gasteiger partial charge in [0.2, 0.25) is 0 Å². The van der Waals surface area contributed by atoms with E-state index in [0.717, 1.165) is 62.1 Å². The van der Waals surface area contributed by atoms with Crippen molar-refractivity contribution in [1.82, 2.24) is 0 Å². The van der Waals surface area contributed by atoms with Crippen LogP contribution in [0.5, 0.6) is 0 Å². The molecule has 0 atom stereocenters. The molecule has 0 bridgehead atoms. The predicted molar refractivity (Wildman–Crippen MR) is 112 cm³/mol. The fraction of sp³-hybridized carbons (Fsp3) is 0.375. The third-order valence-electron chi connectivity index (χ3n) is 6.32. The molecule has 0 spiro atoms. The molecule has 2 aliphatic rings. The number of benzene rings is 2. The molecule has 0 radical (unpaired) electrons. The number of anilines is 1. The van der Waals surface area contributed by atoms with Gasteiger partial charge in [-0.3, -0.25) is 0 Å². The highest BCUT2D eigenvalue weighted by molar-refractivity contribution is 5.82. The fourth-order valence-electron chi connectivity index (χ4n) is 4.77. The maximum Gasteiger partial charge on any atom is 0.336 e. The Labute approximate surface area is 165 Å². The normalized spacial score (nSPS) is 17.6. The number of hydrogen-bond acceptors (Lipinski definition) is 3. The first kappa shape index (κ1) is 17.5. The summed E-state index contributed by atoms with van der Waals surface area (Å²) in [6.07, 6.45) is 4.74. The predicted octanol–water partition coefficient (Wildman–Crippen LogP) is 2.58. The summed E-state index contributed by atoms with van der Waals surface area (Å²) in [7, 11) is 0. The van der Waals surface area contributed by atoms with Crippen molar-refractivity contribution in [3.8, 4) is 0 Å². The molecule has 1 fully saturated rings. The highest BCUT2D eigenvalue weighted by Crippen LogP contribution is 2.27. The van der Waals surface area contributed by atoms with Gasteiger partial charge in [0.15, 0.2) is 0 Å². The van der Waals surface area contributed by atoms with Crippen LogP contribution in [-0.2, 0) is 19.4 Å². The van der Waals surface area contributed by atoms with Gasteiger partial charge in [-0.05, 0) is 61.1 Å². The van der Waals surface area contributed by atoms with E-state index in [9.17, 15) is 4.79 Å². The number of nitrogens with zero attached hydrogens (tertiary/aromatic N) is 1. The van der Waals surface area contributed by atoms with E-state index in [1.165, 1.54) is 34.6 Å². The van der Waals surface area contributed by atoms with Gasteiger partial charge in [0, 0.05) is 22.7 Å². The standard InChI is InChI=1S/C24H26N2O2/c27-24-16-20(22-14-18-6-4-5-7-19(18)15-23(22)28-24)17-25-10-12-26(13-11-25)21-8-2-1-3-9-21/h1-3,8-9,14-16H,4-7,10-13,17H2/p+1. The van der Waals surface area contributed by atoms with Crippen LogP contribution in [-0.4, -0.2) is 26.2 Å². The highest BCUT2D eigenvalue weighted by atomic mass is 16.4. The summed E-state index contributed by atoms with van der Waals surface area (Å²) < 4.78 is 5.56. The molecular weight excluding hydrogens is 348 g/mol. The Morgan fingerprint density at radius 1 is 0.929 bits per heavy atom. The lowest BCUT2D eigenvalue weighted by Gasteiger charge is -2.33. The van der Waals surface area contributed by atoms with Crippen LogP contribution in [0.2, 0.25) is 0 Å². The average Bonchev–Trinajstić information content (AvgIpc) is 2.73. The fourth-order valence-corrected chi connectivity index (χ4v) is 4.77. The third-order valence-corrected chi connectivity index (χ3v) is 6.32. The van der Waals surface area contributed by atoms with E-state index in [0.29, 0.717) is 0 Å². The number of fused-ring (bicyclic) bond motifs is 2. The molecule has 0 saturated carbocycles. The van der Waals surface area contributed by atoms with Crippen molar-refractivity contribution in [2.24, 2.45) is 0 Å². The number of piperazine rings is 1. The smallest absolute Gasteiger partial charge is 0.336 e. The van der Waals surface area contributed by atoms with E-state index in [1.54, 1.807) is 6.07 Å². The molecule has 5 rings (SSSR count). The van der Waals surface area contributed by atoms with Gasteiger partial charge in [0.25, 0.3) is 0 Å². The summed E-state index contributed by atoms with van der Waals surface area (Å²) in [5.74, 6) is 0. The number of rotatable bonds is 3. The van der Waals surface area contributed by atoms with Gasteiger partial charge in [-0.25, -0.2) is 4.79 Å². The molecule has 1 aromatic heterocycles. The summed E-state index contributed by atoms with van der Waals surface area (Å²) in [5, 5.41) is 1.14. The molecule has 0 amide bonds. The van der Waals surface area contributed by atoms with Crippen molar-refractivity contribution >= 4 is 16.7 Å². The van der Waals surface area contributed by atoms with Crippen molar-refractivity contribution in [3.63, 3.8) is 0 Å². The van der Waals surface area contributed by atoms with Crippen LogP contribution in [0.4, 0.5) is 5.69 Å². The summed E-state index contributed by atoms with van der Waals surface area (Å²) in [5.41, 5.74) is 5.80. The van der Waals surface area contributed by atoms with Gasteiger partial charge in [-0.2, -0.15) is 0 Å². The quantitative estimate of drug-likeness (QED) is 0.715. The molecule has 2 heterocycles. The lowest BCUT2D eigenvalue weighted by atomic mass is 9.90. The molecule has 4 heteroatoms. The zero-order valence-electron chi connectivity index (χ0n) is 16.2. The maximum absolute atomic E-state index is 12.2. The molecule has 1 aliphatic carbocycles. The Morgan fingerprint density at radius 3 is 2.39 bits per heavy atom. The molecule has 1 aliphatic heterocycles. The third kappa shape index (κ3) is 3.45. The van der Waals surface area contributed by atoms with Crippen LogP contribution >= 0.6 is 0 Å². The molecule has 0 unspecified atom stereocenters. The van der Waals surface area contributed by atoms with Crippen molar-refractivity contribution in [2.75, 3.05) is 31.1 Å². The van der Waals surface area contributed by atoms with Gasteiger partial charge in [-0.15, -0.1) is 0 Å². The first-order valence-electron chi connectivity index (χ1n) is 10.5. The topological polar surface area (TPSA) is 37.9 Å². The maximum atomic E-state index is 12.2. The van der Waals surface area contributed by atoms with Crippen LogP contribution in [0.1, 0.15) is 29.5 Å². The zero-order valence-corrected chi connectivity index (χ0v) is 16.2. The van der Waals surface area contributed by atoms with Crippen LogP contribution in [0.15, 0.2) is 57.7 Å². The van der Waals surface area contributed by atoms with Crippen LogP contribution in [0.3, 0.4) is 0 Å². The second-order valence-electron chi connectivity index (χ2n) is 8.16. The lowest BCUT2D eigenvalue weighted by molar-refractivity contribution is -0.914. The Morgan fingerprint density at radius 2 is 1.64 bits per heavy atom. The minimum Gasteiger partial charge on any atom is -0.423 e. The number of nitrogens with one attached hydrogen (secondary N) is 1. The SMILES string of the molecule is O=c1cc(C[NH+]2CCN(c3ccccc3)CC2)c2cc3c(cc2o1)CCCC3. The molecule has 2 aromatic carbocycles. The van der Waals surface area contributed by atoms with E-state index < -0.39 is 0 Å². The van der Waals surface area contributed by atoms with Crippen LogP contribution in [0, 0.1) is 0 Å². The van der Waals surface area contributed by atoms with Crippen molar-refractivity contribution < 1.29 is 9.32 Å². The number of quaternary nitrogens is 1. The average molecular weight is 375 g/mol. The summed E-state index contributed by atoms with van der Waals surface area (Å²) in [6, 6.07) is 16.8. The van der Waals surface area contributed by atoms with E-state index in [4.69, 9.17) is 4.42 Å². The Bertz CT molecular complexity index is 1030. The Balaban J connectivity index is 1.37. The number of hydrogen-bond donors (Lipinski definition) is 1. The molecule has 28 heavy (non-hydrogen) atoms. The minimum atomic E-state index is -0.222. The first-order chi connectivity index (χ1) is 13.8. The minimum absolute atomic E-state index is 0.222. The van der Waals surface area contributed by atoms with Gasteiger partial charge >= 0.3 is 5.63 Å². The van der Waals surface area contributed by atoms with Crippen molar-refractivity contribution in [1.29, 1.82) is 0 Å². The molecule has 3 aromatic rings. The number of para-hydroxylation sites is 1. The van der Waals surface area contributed by atoms with E-state index in [2.05, 4.69) is 47.4 Å². The monoisotopic (exact) mass is 375 g/mol. The Kier molecular flexibility index (Phi) is 4.65. The van der Waals surface area contributed by atoms with E-state index in [-0.39, 0.29) is 5.63 Å². The Hall–Kier alpha value is -2.59. The summed E-state index contributed by atoms with van der Waals surface area (Å²) in [4.78, 5) is 16.2. The second kappa shape index (κ2) is 7.44. The molecular formula is C24H27N2O2+. The van der Waals surface area contributed by atoms with Gasteiger partial charge < -0.3 is 14.2 Å². The van der Waals surface area contributed by atoms with Crippen LogP contribution in [0.25, 0.3) is 11.0 Å².